The van der Waals surface area contributed by atoms with Crippen LogP contribution in [-0.4, -0.2) is 18.9 Å². The zero-order valence-electron chi connectivity index (χ0n) is 9.58. The lowest BCUT2D eigenvalue weighted by atomic mass is 10.1. The molecule has 2 unspecified atom stereocenters. The van der Waals surface area contributed by atoms with Gasteiger partial charge in [0, 0.05) is 6.92 Å². The Morgan fingerprint density at radius 1 is 1.18 bits per heavy atom. The molecule has 0 N–H and O–H groups in total. The molecular weight excluding hydrogens is 224 g/mol. The maximum absolute atomic E-state index is 11.3. The lowest BCUT2D eigenvalue weighted by Crippen LogP contribution is -2.19. The highest BCUT2D eigenvalue weighted by Crippen LogP contribution is 2.16. The van der Waals surface area contributed by atoms with Crippen LogP contribution in [-0.2, 0) is 19.0 Å². The normalized spacial score (nSPS) is 13.3. The highest BCUT2D eigenvalue weighted by atomic mass is 16.8. The van der Waals surface area contributed by atoms with Crippen LogP contribution in [0.4, 0.5) is 4.79 Å². The van der Waals surface area contributed by atoms with Gasteiger partial charge in [-0.2, -0.15) is 0 Å². The largest absolute Gasteiger partial charge is 0.511 e. The van der Waals surface area contributed by atoms with Gasteiger partial charge in [0.05, 0.1) is 0 Å². The van der Waals surface area contributed by atoms with Crippen LogP contribution in [0.3, 0.4) is 0 Å². The summed E-state index contributed by atoms with van der Waals surface area (Å²) in [5.41, 5.74) is 0.847. The molecule has 0 amide bonds. The Hall–Kier alpha value is -2.04. The van der Waals surface area contributed by atoms with Crippen molar-refractivity contribution >= 4 is 12.6 Å². The molecule has 5 nitrogen and oxygen atoms in total. The Bertz CT molecular complexity index is 362. The van der Waals surface area contributed by atoms with E-state index in [1.54, 1.807) is 6.92 Å². The van der Waals surface area contributed by atoms with Gasteiger partial charge in [-0.15, -0.1) is 0 Å². The number of benzene rings is 1. The highest BCUT2D eigenvalue weighted by molar-refractivity contribution is 5.60. The van der Waals surface area contributed by atoms with Crippen LogP contribution in [0.1, 0.15) is 25.5 Å². The van der Waals surface area contributed by atoms with Gasteiger partial charge >= 0.3 is 12.6 Å². The van der Waals surface area contributed by atoms with Crippen LogP contribution in [0.15, 0.2) is 30.3 Å². The van der Waals surface area contributed by atoms with Gasteiger partial charge in [-0.25, -0.2) is 9.59 Å². The summed E-state index contributed by atoms with van der Waals surface area (Å²) in [4.78, 5) is 21.1. The number of hydrogen-bond acceptors (Lipinski definition) is 5. The first-order valence-corrected chi connectivity index (χ1v) is 5.08. The molecule has 0 spiro atoms. The molecule has 0 saturated carbocycles. The fraction of sp³-hybridized carbons (Fsp3) is 0.333. The first-order chi connectivity index (χ1) is 8.13. The minimum atomic E-state index is -1.01. The van der Waals surface area contributed by atoms with Crippen molar-refractivity contribution in [2.45, 2.75) is 26.2 Å². The summed E-state index contributed by atoms with van der Waals surface area (Å²) in [6.45, 7) is 4.28. The zero-order chi connectivity index (χ0) is 12.7. The molecule has 0 heterocycles. The molecule has 0 aromatic heterocycles. The van der Waals surface area contributed by atoms with E-state index in [2.05, 4.69) is 9.47 Å². The second kappa shape index (κ2) is 6.52. The van der Waals surface area contributed by atoms with Crippen LogP contribution in [0.25, 0.3) is 0 Å². The van der Waals surface area contributed by atoms with E-state index in [0.29, 0.717) is 0 Å². The second-order valence-corrected chi connectivity index (χ2v) is 3.31. The Morgan fingerprint density at radius 2 is 1.82 bits per heavy atom. The van der Waals surface area contributed by atoms with E-state index in [9.17, 15) is 9.59 Å². The predicted molar refractivity (Wildman–Crippen MR) is 58.7 cm³/mol. The maximum atomic E-state index is 11.3. The van der Waals surface area contributed by atoms with Crippen molar-refractivity contribution in [3.05, 3.63) is 35.9 Å². The Kier molecular flexibility index (Phi) is 5.00. The SMILES string of the molecule is CC(O[C]=O)OC(=O)OC(C)c1ccccc1. The van der Waals surface area contributed by atoms with E-state index < -0.39 is 18.5 Å². The molecule has 5 heteroatoms. The van der Waals surface area contributed by atoms with Gasteiger partial charge < -0.3 is 14.2 Å². The fourth-order valence-corrected chi connectivity index (χ4v) is 1.19. The van der Waals surface area contributed by atoms with E-state index in [4.69, 9.17) is 4.74 Å². The summed E-state index contributed by atoms with van der Waals surface area (Å²) in [5, 5.41) is 0. The number of carbonyl (C=O) groups excluding carboxylic acids is 2. The third-order valence-electron chi connectivity index (χ3n) is 2.02. The van der Waals surface area contributed by atoms with Crippen LogP contribution in [0.5, 0.6) is 0 Å². The van der Waals surface area contributed by atoms with E-state index in [-0.39, 0.29) is 0 Å². The number of carbonyl (C=O) groups is 1. The average molecular weight is 237 g/mol. The van der Waals surface area contributed by atoms with Crippen molar-refractivity contribution in [3.8, 4) is 0 Å². The van der Waals surface area contributed by atoms with Gasteiger partial charge in [0.15, 0.2) is 0 Å². The van der Waals surface area contributed by atoms with E-state index >= 15 is 0 Å². The predicted octanol–water partition coefficient (Wildman–Crippen LogP) is 2.33. The number of hydrogen-bond donors (Lipinski definition) is 0. The Morgan fingerprint density at radius 3 is 2.41 bits per heavy atom. The highest BCUT2D eigenvalue weighted by Gasteiger charge is 2.15. The van der Waals surface area contributed by atoms with Gasteiger partial charge in [0.25, 0.3) is 0 Å². The molecule has 1 aromatic carbocycles. The molecule has 0 saturated heterocycles. The topological polar surface area (TPSA) is 61.8 Å². The van der Waals surface area contributed by atoms with Gasteiger partial charge in [0.1, 0.15) is 6.10 Å². The van der Waals surface area contributed by atoms with Gasteiger partial charge in [-0.3, -0.25) is 0 Å². The minimum absolute atomic E-state index is 0.434. The molecule has 1 aromatic rings. The first-order valence-electron chi connectivity index (χ1n) is 5.08. The van der Waals surface area contributed by atoms with E-state index in [0.717, 1.165) is 5.56 Å². The number of ether oxygens (including phenoxy) is 3. The minimum Gasteiger partial charge on any atom is -0.426 e. The first kappa shape index (κ1) is 13.0. The average Bonchev–Trinajstić information content (AvgIpc) is 2.30. The summed E-state index contributed by atoms with van der Waals surface area (Å²) in [7, 11) is 0. The molecule has 0 aliphatic carbocycles. The van der Waals surface area contributed by atoms with Crippen LogP contribution in [0.2, 0.25) is 0 Å². The molecular formula is C12H13O5. The van der Waals surface area contributed by atoms with Crippen LogP contribution in [0, 0.1) is 0 Å². The number of rotatable bonds is 5. The molecule has 1 radical (unpaired) electrons. The van der Waals surface area contributed by atoms with Gasteiger partial charge in [0.2, 0.25) is 6.29 Å². The standard InChI is InChI=1S/C12H13O5/c1-9(11-6-4-3-5-7-11)16-12(14)17-10(2)15-8-13/h3-7,9-10H,1-2H3. The van der Waals surface area contributed by atoms with Crippen molar-refractivity contribution in [3.63, 3.8) is 0 Å². The molecule has 0 fully saturated rings. The third-order valence-corrected chi connectivity index (χ3v) is 2.02. The molecule has 0 bridgehead atoms. The van der Waals surface area contributed by atoms with Crippen LogP contribution >= 0.6 is 0 Å². The summed E-state index contributed by atoms with van der Waals surface area (Å²) in [5.74, 6) is 0. The lowest BCUT2D eigenvalue weighted by molar-refractivity contribution is -0.0697. The van der Waals surface area contributed by atoms with Crippen molar-refractivity contribution in [2.24, 2.45) is 0 Å². The molecule has 2 atom stereocenters. The van der Waals surface area contributed by atoms with Crippen molar-refractivity contribution in [2.75, 3.05) is 0 Å². The summed E-state index contributed by atoms with van der Waals surface area (Å²) in [6, 6.07) is 9.21. The van der Waals surface area contributed by atoms with E-state index in [1.807, 2.05) is 30.3 Å². The summed E-state index contributed by atoms with van der Waals surface area (Å²) < 4.78 is 13.9. The molecule has 91 valence electrons. The van der Waals surface area contributed by atoms with Crippen LogP contribution < -0.4 is 0 Å². The molecule has 17 heavy (non-hydrogen) atoms. The summed E-state index contributed by atoms with van der Waals surface area (Å²) in [6.07, 6.45) is -2.34. The molecule has 0 aliphatic heterocycles. The van der Waals surface area contributed by atoms with Gasteiger partial charge in [-0.1, -0.05) is 30.3 Å². The van der Waals surface area contributed by atoms with E-state index in [1.165, 1.54) is 13.4 Å². The van der Waals surface area contributed by atoms with Crippen molar-refractivity contribution < 1.29 is 23.8 Å². The maximum Gasteiger partial charge on any atom is 0.511 e. The van der Waals surface area contributed by atoms with Gasteiger partial charge in [-0.05, 0) is 12.5 Å². The fourth-order valence-electron chi connectivity index (χ4n) is 1.19. The summed E-state index contributed by atoms with van der Waals surface area (Å²) >= 11 is 0. The van der Waals surface area contributed by atoms with Crippen molar-refractivity contribution in [1.82, 2.24) is 0 Å². The molecule has 0 aliphatic rings. The third kappa shape index (κ3) is 4.55. The molecule has 1 rings (SSSR count). The smallest absolute Gasteiger partial charge is 0.426 e. The second-order valence-electron chi connectivity index (χ2n) is 3.31. The quantitative estimate of drug-likeness (QED) is 0.581. The monoisotopic (exact) mass is 237 g/mol. The Balaban J connectivity index is 2.43. The lowest BCUT2D eigenvalue weighted by Gasteiger charge is -2.15. The zero-order valence-corrected chi connectivity index (χ0v) is 9.58. The van der Waals surface area contributed by atoms with Crippen molar-refractivity contribution in [1.29, 1.82) is 0 Å². The Labute approximate surface area is 99.3 Å².